The summed E-state index contributed by atoms with van der Waals surface area (Å²) in [5, 5.41) is 7.03. The number of hydrogen-bond acceptors (Lipinski definition) is 6. The van der Waals surface area contributed by atoms with Crippen LogP contribution in [0.25, 0.3) is 16.7 Å². The normalized spacial score (nSPS) is 15.8. The molecule has 6 rings (SSSR count). The van der Waals surface area contributed by atoms with Gasteiger partial charge in [0.15, 0.2) is 5.65 Å². The third-order valence-electron chi connectivity index (χ3n) is 5.82. The minimum atomic E-state index is -0.607. The summed E-state index contributed by atoms with van der Waals surface area (Å²) in [7, 11) is 0. The van der Waals surface area contributed by atoms with Gasteiger partial charge in [0.1, 0.15) is 5.39 Å². The third kappa shape index (κ3) is 3.17. The van der Waals surface area contributed by atoms with Crippen LogP contribution in [-0.2, 0) is 13.0 Å². The minimum Gasteiger partial charge on any atom is -0.324 e. The number of aromatic nitrogens is 5. The summed E-state index contributed by atoms with van der Waals surface area (Å²) in [5.41, 5.74) is 4.26. The number of nitrogens with one attached hydrogen (secondary N) is 2. The van der Waals surface area contributed by atoms with E-state index in [9.17, 15) is 9.18 Å². The van der Waals surface area contributed by atoms with E-state index in [1.165, 1.54) is 23.4 Å². The summed E-state index contributed by atoms with van der Waals surface area (Å²) in [6, 6.07) is 9.29. The smallest absolute Gasteiger partial charge is 0.278 e. The molecule has 31 heavy (non-hydrogen) atoms. The van der Waals surface area contributed by atoms with Crippen molar-refractivity contribution in [1.82, 2.24) is 29.6 Å². The van der Waals surface area contributed by atoms with Crippen LogP contribution in [0.15, 0.2) is 47.5 Å². The van der Waals surface area contributed by atoms with Crippen molar-refractivity contribution in [3.05, 3.63) is 70.2 Å². The lowest BCUT2D eigenvalue weighted by Gasteiger charge is -2.18. The van der Waals surface area contributed by atoms with Gasteiger partial charge in [-0.2, -0.15) is 9.37 Å². The van der Waals surface area contributed by atoms with Gasteiger partial charge in [-0.1, -0.05) is 6.07 Å². The van der Waals surface area contributed by atoms with Crippen LogP contribution in [0.2, 0.25) is 0 Å². The molecule has 0 unspecified atom stereocenters. The Labute approximate surface area is 176 Å². The quantitative estimate of drug-likeness (QED) is 0.497. The Bertz CT molecular complexity index is 1370. The van der Waals surface area contributed by atoms with E-state index in [4.69, 9.17) is 0 Å². The van der Waals surface area contributed by atoms with Crippen LogP contribution in [0.3, 0.4) is 0 Å². The van der Waals surface area contributed by atoms with Gasteiger partial charge < -0.3 is 10.6 Å². The fourth-order valence-electron chi connectivity index (χ4n) is 4.17. The molecule has 0 saturated heterocycles. The standard InChI is InChI=1S/C22H20FN7O/c23-19-10-17(6-8-25-19)29-20-18(21(31)30(29)16-3-4-16)12-26-22(28-20)27-15-2-1-13-5-7-24-11-14(13)9-15/h1-2,6,8-10,12,16,24H,3-5,7,11H2,(H,26,27,28). The van der Waals surface area contributed by atoms with Crippen LogP contribution in [-0.4, -0.2) is 30.9 Å². The molecule has 1 saturated carbocycles. The number of rotatable bonds is 4. The van der Waals surface area contributed by atoms with E-state index in [-0.39, 0.29) is 11.6 Å². The molecule has 1 aromatic carbocycles. The second kappa shape index (κ2) is 6.98. The molecule has 156 valence electrons. The molecular formula is C22H20FN7O. The Morgan fingerprint density at radius 3 is 2.87 bits per heavy atom. The molecule has 1 fully saturated rings. The van der Waals surface area contributed by atoms with E-state index < -0.39 is 5.95 Å². The van der Waals surface area contributed by atoms with E-state index in [1.807, 2.05) is 6.07 Å². The summed E-state index contributed by atoms with van der Waals surface area (Å²) in [4.78, 5) is 25.7. The first-order valence-electron chi connectivity index (χ1n) is 10.4. The van der Waals surface area contributed by atoms with Crippen molar-refractivity contribution in [2.24, 2.45) is 0 Å². The topological polar surface area (TPSA) is 89.7 Å². The van der Waals surface area contributed by atoms with Crippen molar-refractivity contribution >= 4 is 22.7 Å². The fourth-order valence-corrected chi connectivity index (χ4v) is 4.17. The molecular weight excluding hydrogens is 397 g/mol. The number of nitrogens with zero attached hydrogens (tertiary/aromatic N) is 5. The van der Waals surface area contributed by atoms with Crippen molar-refractivity contribution in [3.8, 4) is 5.69 Å². The molecule has 9 heteroatoms. The van der Waals surface area contributed by atoms with E-state index in [0.29, 0.717) is 22.7 Å². The van der Waals surface area contributed by atoms with Gasteiger partial charge in [0.2, 0.25) is 11.9 Å². The maximum Gasteiger partial charge on any atom is 0.278 e. The van der Waals surface area contributed by atoms with E-state index in [0.717, 1.165) is 38.0 Å². The van der Waals surface area contributed by atoms with Gasteiger partial charge in [-0.25, -0.2) is 19.3 Å². The molecule has 0 spiro atoms. The molecule has 3 aromatic heterocycles. The van der Waals surface area contributed by atoms with Crippen LogP contribution in [0.1, 0.15) is 30.0 Å². The Morgan fingerprint density at radius 2 is 2.03 bits per heavy atom. The molecule has 1 aliphatic heterocycles. The Kier molecular flexibility index (Phi) is 4.10. The lowest BCUT2D eigenvalue weighted by Crippen LogP contribution is -2.23. The van der Waals surface area contributed by atoms with Gasteiger partial charge in [0.05, 0.1) is 11.7 Å². The number of pyridine rings is 1. The molecule has 8 nitrogen and oxygen atoms in total. The largest absolute Gasteiger partial charge is 0.324 e. The van der Waals surface area contributed by atoms with Gasteiger partial charge in [-0.05, 0) is 55.1 Å². The summed E-state index contributed by atoms with van der Waals surface area (Å²) in [6.45, 7) is 1.83. The van der Waals surface area contributed by atoms with E-state index in [2.05, 4.69) is 37.7 Å². The van der Waals surface area contributed by atoms with Crippen LogP contribution >= 0.6 is 0 Å². The number of fused-ring (bicyclic) bond motifs is 2. The molecule has 2 aliphatic rings. The molecule has 0 atom stereocenters. The molecule has 2 N–H and O–H groups in total. The van der Waals surface area contributed by atoms with Crippen LogP contribution in [0.4, 0.5) is 16.0 Å². The van der Waals surface area contributed by atoms with Gasteiger partial charge in [0.25, 0.3) is 5.56 Å². The van der Waals surface area contributed by atoms with Crippen molar-refractivity contribution in [1.29, 1.82) is 0 Å². The first-order valence-corrected chi connectivity index (χ1v) is 10.4. The second-order valence-corrected chi connectivity index (χ2v) is 8.00. The summed E-state index contributed by atoms with van der Waals surface area (Å²) in [6.07, 6.45) is 5.76. The highest BCUT2D eigenvalue weighted by Gasteiger charge is 2.31. The predicted molar refractivity (Wildman–Crippen MR) is 114 cm³/mol. The Morgan fingerprint density at radius 1 is 1.13 bits per heavy atom. The third-order valence-corrected chi connectivity index (χ3v) is 5.82. The molecule has 0 radical (unpaired) electrons. The average molecular weight is 417 g/mol. The lowest BCUT2D eigenvalue weighted by atomic mass is 10.0. The highest BCUT2D eigenvalue weighted by Crippen LogP contribution is 2.35. The van der Waals surface area contributed by atoms with Crippen molar-refractivity contribution in [2.45, 2.75) is 31.8 Å². The van der Waals surface area contributed by atoms with Crippen LogP contribution in [0.5, 0.6) is 0 Å². The average Bonchev–Trinajstić information content (AvgIpc) is 3.58. The number of halogens is 1. The first-order chi connectivity index (χ1) is 15.2. The fraction of sp³-hybridized carbons (Fsp3) is 0.273. The van der Waals surface area contributed by atoms with Gasteiger partial charge in [-0.3, -0.25) is 4.79 Å². The first kappa shape index (κ1) is 18.2. The zero-order valence-corrected chi connectivity index (χ0v) is 16.7. The zero-order valence-electron chi connectivity index (χ0n) is 16.7. The lowest BCUT2D eigenvalue weighted by molar-refractivity contribution is 0.548. The van der Waals surface area contributed by atoms with Gasteiger partial charge in [-0.15, -0.1) is 0 Å². The van der Waals surface area contributed by atoms with Crippen molar-refractivity contribution < 1.29 is 4.39 Å². The Balaban J connectivity index is 1.46. The highest BCUT2D eigenvalue weighted by atomic mass is 19.1. The minimum absolute atomic E-state index is 0.0856. The summed E-state index contributed by atoms with van der Waals surface area (Å²) < 4.78 is 17.2. The maximum absolute atomic E-state index is 13.9. The van der Waals surface area contributed by atoms with E-state index >= 15 is 0 Å². The number of anilines is 2. The van der Waals surface area contributed by atoms with Gasteiger partial charge in [0, 0.05) is 30.7 Å². The SMILES string of the molecule is O=c1c2cnc(Nc3ccc4c(c3)CNCC4)nc2n(-c2ccnc(F)c2)n1C1CC1. The number of hydrogen-bond donors (Lipinski definition) is 2. The van der Waals surface area contributed by atoms with Crippen molar-refractivity contribution in [3.63, 3.8) is 0 Å². The Hall–Kier alpha value is -3.59. The second-order valence-electron chi connectivity index (χ2n) is 8.00. The molecule has 4 aromatic rings. The summed E-state index contributed by atoms with van der Waals surface area (Å²) in [5.74, 6) is -0.225. The van der Waals surface area contributed by atoms with Crippen molar-refractivity contribution in [2.75, 3.05) is 11.9 Å². The van der Waals surface area contributed by atoms with Gasteiger partial charge >= 0.3 is 0 Å². The van der Waals surface area contributed by atoms with E-state index in [1.54, 1.807) is 21.6 Å². The predicted octanol–water partition coefficient (Wildman–Crippen LogP) is 2.84. The molecule has 4 heterocycles. The van der Waals surface area contributed by atoms with Crippen LogP contribution < -0.4 is 16.2 Å². The molecule has 0 amide bonds. The molecule has 0 bridgehead atoms. The monoisotopic (exact) mass is 417 g/mol. The summed E-state index contributed by atoms with van der Waals surface area (Å²) >= 11 is 0. The van der Waals surface area contributed by atoms with Crippen LogP contribution in [0, 0.1) is 5.95 Å². The zero-order chi connectivity index (χ0) is 20.9. The number of benzene rings is 1. The highest BCUT2D eigenvalue weighted by molar-refractivity contribution is 5.77. The maximum atomic E-state index is 13.9. The molecule has 1 aliphatic carbocycles.